The van der Waals surface area contributed by atoms with Crippen molar-refractivity contribution in [2.45, 2.75) is 58.2 Å². The number of hydrogen-bond donors (Lipinski definition) is 1. The third-order valence-corrected chi connectivity index (χ3v) is 5.46. The van der Waals surface area contributed by atoms with Crippen LogP contribution in [0.5, 0.6) is 0 Å². The highest BCUT2D eigenvalue weighted by atomic mass is 16.5. The van der Waals surface area contributed by atoms with Gasteiger partial charge < -0.3 is 20.1 Å². The molecule has 1 amide bonds. The summed E-state index contributed by atoms with van der Waals surface area (Å²) in [6, 6.07) is 0.118. The minimum atomic E-state index is -0.823. The Morgan fingerprint density at radius 3 is 2.71 bits per heavy atom. The lowest BCUT2D eigenvalue weighted by molar-refractivity contribution is -0.231. The number of carbonyl (C=O) groups is 1. The Morgan fingerprint density at radius 2 is 2.14 bits per heavy atom. The zero-order chi connectivity index (χ0) is 15.8. The molecule has 2 aliphatic rings. The van der Waals surface area contributed by atoms with E-state index in [1.807, 2.05) is 18.7 Å². The molecule has 5 heteroatoms. The van der Waals surface area contributed by atoms with Gasteiger partial charge in [-0.1, -0.05) is 13.8 Å². The third kappa shape index (κ3) is 2.39. The van der Waals surface area contributed by atoms with Crippen LogP contribution in [0.1, 0.15) is 40.5 Å². The number of hydrogen-bond acceptors (Lipinski definition) is 4. The lowest BCUT2D eigenvalue weighted by Gasteiger charge is -2.66. The van der Waals surface area contributed by atoms with E-state index in [0.717, 1.165) is 19.4 Å². The zero-order valence-corrected chi connectivity index (χ0v) is 14.0. The number of carbonyl (C=O) groups excluding carboxylic acids is 1. The van der Waals surface area contributed by atoms with Crippen LogP contribution in [0.25, 0.3) is 0 Å². The molecule has 0 aromatic rings. The van der Waals surface area contributed by atoms with Gasteiger partial charge in [-0.05, 0) is 26.7 Å². The summed E-state index contributed by atoms with van der Waals surface area (Å²) >= 11 is 0. The van der Waals surface area contributed by atoms with Gasteiger partial charge in [-0.2, -0.15) is 0 Å². The van der Waals surface area contributed by atoms with Crippen LogP contribution in [0, 0.1) is 11.3 Å². The van der Waals surface area contributed by atoms with E-state index >= 15 is 0 Å². The first-order valence-corrected chi connectivity index (χ1v) is 7.99. The molecule has 0 radical (unpaired) electrons. The fourth-order valence-electron chi connectivity index (χ4n) is 4.03. The van der Waals surface area contributed by atoms with Crippen molar-refractivity contribution in [1.82, 2.24) is 4.90 Å². The van der Waals surface area contributed by atoms with E-state index in [9.17, 15) is 4.79 Å². The molecule has 2 N–H and O–H groups in total. The van der Waals surface area contributed by atoms with Crippen LogP contribution in [-0.2, 0) is 14.3 Å². The van der Waals surface area contributed by atoms with E-state index in [-0.39, 0.29) is 29.4 Å². The van der Waals surface area contributed by atoms with E-state index in [1.165, 1.54) is 0 Å². The fourth-order valence-corrected chi connectivity index (χ4v) is 4.03. The number of fused-ring (bicyclic) bond motifs is 1. The molecule has 3 atom stereocenters. The Morgan fingerprint density at radius 1 is 1.48 bits per heavy atom. The van der Waals surface area contributed by atoms with Gasteiger partial charge >= 0.3 is 0 Å². The molecule has 1 heterocycles. The van der Waals surface area contributed by atoms with Crippen molar-refractivity contribution in [2.24, 2.45) is 17.1 Å². The molecule has 1 saturated heterocycles. The van der Waals surface area contributed by atoms with Crippen molar-refractivity contribution in [3.8, 4) is 0 Å². The van der Waals surface area contributed by atoms with E-state index in [2.05, 4.69) is 13.8 Å². The topological polar surface area (TPSA) is 64.8 Å². The predicted octanol–water partition coefficient (Wildman–Crippen LogP) is 1.40. The van der Waals surface area contributed by atoms with E-state index in [1.54, 1.807) is 7.11 Å². The summed E-state index contributed by atoms with van der Waals surface area (Å²) in [7, 11) is 1.65. The zero-order valence-electron chi connectivity index (χ0n) is 14.0. The van der Waals surface area contributed by atoms with Gasteiger partial charge in [0.25, 0.3) is 0 Å². The molecule has 122 valence electrons. The Labute approximate surface area is 128 Å². The summed E-state index contributed by atoms with van der Waals surface area (Å²) in [5, 5.41) is 0. The summed E-state index contributed by atoms with van der Waals surface area (Å²) in [6.07, 6.45) is 2.08. The summed E-state index contributed by atoms with van der Waals surface area (Å²) in [5.74, 6) is 0.184. The van der Waals surface area contributed by atoms with E-state index < -0.39 is 5.54 Å². The van der Waals surface area contributed by atoms with Gasteiger partial charge in [0.05, 0.1) is 12.7 Å². The van der Waals surface area contributed by atoms with Crippen molar-refractivity contribution >= 4 is 5.91 Å². The number of nitrogens with two attached hydrogens (primary N) is 1. The molecule has 5 nitrogen and oxygen atoms in total. The average Bonchev–Trinajstić information content (AvgIpc) is 2.46. The summed E-state index contributed by atoms with van der Waals surface area (Å²) in [5.41, 5.74) is 5.53. The van der Waals surface area contributed by atoms with Crippen LogP contribution < -0.4 is 5.73 Å². The molecule has 0 aromatic heterocycles. The number of rotatable bonds is 5. The number of methoxy groups -OCH3 is 1. The molecule has 2 rings (SSSR count). The number of amides is 1. The van der Waals surface area contributed by atoms with Crippen LogP contribution in [0.3, 0.4) is 0 Å². The molecule has 21 heavy (non-hydrogen) atoms. The molecule has 2 fully saturated rings. The highest BCUT2D eigenvalue weighted by Crippen LogP contribution is 2.58. The standard InChI is InChI=1S/C16H30N2O3/c1-11(2)18(8-10-20-5)14(19)16(17)12-7-6-9-21-13(12)15(16,3)4/h11-13H,6-10,17H2,1-5H3. The van der Waals surface area contributed by atoms with Gasteiger partial charge in [0.2, 0.25) is 5.91 Å². The van der Waals surface area contributed by atoms with Gasteiger partial charge in [-0.3, -0.25) is 4.79 Å². The summed E-state index contributed by atoms with van der Waals surface area (Å²) in [4.78, 5) is 15.0. The Hall–Kier alpha value is -0.650. The van der Waals surface area contributed by atoms with Crippen molar-refractivity contribution in [2.75, 3.05) is 26.9 Å². The molecular formula is C16H30N2O3. The second kappa shape index (κ2) is 5.86. The molecule has 1 saturated carbocycles. The van der Waals surface area contributed by atoms with Crippen LogP contribution in [0.4, 0.5) is 0 Å². The van der Waals surface area contributed by atoms with Crippen LogP contribution >= 0.6 is 0 Å². The van der Waals surface area contributed by atoms with Gasteiger partial charge in [0, 0.05) is 37.6 Å². The van der Waals surface area contributed by atoms with Crippen molar-refractivity contribution in [3.05, 3.63) is 0 Å². The van der Waals surface area contributed by atoms with Crippen LogP contribution in [-0.4, -0.2) is 55.4 Å². The monoisotopic (exact) mass is 298 g/mol. The van der Waals surface area contributed by atoms with Gasteiger partial charge in [-0.15, -0.1) is 0 Å². The maximum Gasteiger partial charge on any atom is 0.244 e. The van der Waals surface area contributed by atoms with Crippen molar-refractivity contribution < 1.29 is 14.3 Å². The Kier molecular flexibility index (Phi) is 4.66. The normalized spacial score (nSPS) is 34.2. The summed E-state index contributed by atoms with van der Waals surface area (Å²) in [6.45, 7) is 10.1. The number of ether oxygens (including phenoxy) is 2. The first kappa shape index (κ1) is 16.7. The lowest BCUT2D eigenvalue weighted by Crippen LogP contribution is -2.82. The number of nitrogens with zero attached hydrogens (tertiary/aromatic N) is 1. The predicted molar refractivity (Wildman–Crippen MR) is 81.9 cm³/mol. The second-order valence-corrected chi connectivity index (χ2v) is 7.22. The molecule has 1 aliphatic heterocycles. The van der Waals surface area contributed by atoms with Crippen molar-refractivity contribution in [3.63, 3.8) is 0 Å². The lowest BCUT2D eigenvalue weighted by atomic mass is 9.46. The first-order valence-electron chi connectivity index (χ1n) is 7.99. The molecular weight excluding hydrogens is 268 g/mol. The maximum atomic E-state index is 13.2. The first-order chi connectivity index (χ1) is 9.78. The fraction of sp³-hybridized carbons (Fsp3) is 0.938. The Bertz CT molecular complexity index is 397. The molecule has 1 aliphatic carbocycles. The molecule has 0 aromatic carbocycles. The minimum Gasteiger partial charge on any atom is -0.383 e. The van der Waals surface area contributed by atoms with Crippen molar-refractivity contribution in [1.29, 1.82) is 0 Å². The molecule has 0 bridgehead atoms. The third-order valence-electron chi connectivity index (χ3n) is 5.46. The van der Waals surface area contributed by atoms with Gasteiger partial charge in [0.15, 0.2) is 0 Å². The summed E-state index contributed by atoms with van der Waals surface area (Å²) < 4.78 is 11.0. The van der Waals surface area contributed by atoms with E-state index in [0.29, 0.717) is 13.2 Å². The largest absolute Gasteiger partial charge is 0.383 e. The quantitative estimate of drug-likeness (QED) is 0.833. The second-order valence-electron chi connectivity index (χ2n) is 7.22. The maximum absolute atomic E-state index is 13.2. The smallest absolute Gasteiger partial charge is 0.244 e. The van der Waals surface area contributed by atoms with Crippen LogP contribution in [0.2, 0.25) is 0 Å². The van der Waals surface area contributed by atoms with Crippen LogP contribution in [0.15, 0.2) is 0 Å². The molecule has 3 unspecified atom stereocenters. The minimum absolute atomic E-state index is 0.0475. The van der Waals surface area contributed by atoms with E-state index in [4.69, 9.17) is 15.2 Å². The molecule has 0 spiro atoms. The SMILES string of the molecule is COCCN(C(=O)C1(N)C2CCCOC2C1(C)C)C(C)C. The highest BCUT2D eigenvalue weighted by Gasteiger charge is 2.70. The van der Waals surface area contributed by atoms with Gasteiger partial charge in [0.1, 0.15) is 5.54 Å². The Balaban J connectivity index is 2.22. The average molecular weight is 298 g/mol. The van der Waals surface area contributed by atoms with Gasteiger partial charge in [-0.25, -0.2) is 0 Å². The highest BCUT2D eigenvalue weighted by molar-refractivity contribution is 5.89.